The van der Waals surface area contributed by atoms with Gasteiger partial charge in [-0.1, -0.05) is 0 Å². The van der Waals surface area contributed by atoms with Crippen molar-refractivity contribution < 1.29 is 34.5 Å². The van der Waals surface area contributed by atoms with Gasteiger partial charge in [-0.2, -0.15) is 0 Å². The van der Waals surface area contributed by atoms with Gasteiger partial charge in [-0.25, -0.2) is 26.7 Å². The summed E-state index contributed by atoms with van der Waals surface area (Å²) in [6, 6.07) is 0. The molecule has 2 aromatic heterocycles. The molecule has 0 bridgehead atoms. The summed E-state index contributed by atoms with van der Waals surface area (Å²) in [4.78, 5) is 0. The maximum atomic E-state index is 9.08. The summed E-state index contributed by atoms with van der Waals surface area (Å²) >= 11 is 0. The second-order valence-corrected chi connectivity index (χ2v) is 5.93. The first kappa shape index (κ1) is 22.9. The second kappa shape index (κ2) is 11.2. The average Bonchev–Trinajstić information content (AvgIpc) is 2.96. The minimum absolute atomic E-state index is 0. The highest BCUT2D eigenvalue weighted by Gasteiger charge is 1.93. The molecule has 128 valence electrons. The Bertz CT molecular complexity index is 575. The fourth-order valence-electron chi connectivity index (χ4n) is 1.38. The number of rotatable bonds is 2. The Hall–Kier alpha value is -1.38. The molecule has 0 radical (unpaired) electrons. The molecule has 0 aliphatic carbocycles. The van der Waals surface area contributed by atoms with E-state index in [0.717, 1.165) is 13.1 Å². The first-order chi connectivity index (χ1) is 9.65. The Morgan fingerprint density at radius 1 is 0.955 bits per heavy atom. The monoisotopic (exact) mass is 352 g/mol. The van der Waals surface area contributed by atoms with E-state index in [-0.39, 0.29) is 12.4 Å². The summed E-state index contributed by atoms with van der Waals surface area (Å²) in [6.45, 7) is 6.36. The van der Waals surface area contributed by atoms with Gasteiger partial charge in [0.1, 0.15) is 24.8 Å². The summed E-state index contributed by atoms with van der Waals surface area (Å²) in [5.74, 6) is 0. The highest BCUT2D eigenvalue weighted by atomic mass is 35.5. The number of hydrogen-bond donors (Lipinski definition) is 0. The first-order valence-electron chi connectivity index (χ1n) is 6.58. The van der Waals surface area contributed by atoms with Crippen LogP contribution in [0.3, 0.4) is 0 Å². The molecule has 0 aliphatic heterocycles. The molecule has 0 saturated carbocycles. The highest BCUT2D eigenvalue weighted by molar-refractivity contribution is 7.84. The minimum atomic E-state index is -3.92. The lowest BCUT2D eigenvalue weighted by atomic mass is 10.7. The van der Waals surface area contributed by atoms with E-state index >= 15 is 0 Å². The summed E-state index contributed by atoms with van der Waals surface area (Å²) in [7, 11) is 0.123. The van der Waals surface area contributed by atoms with E-state index in [2.05, 4.69) is 48.0 Å². The summed E-state index contributed by atoms with van der Waals surface area (Å²) in [5.41, 5.74) is 0. The van der Waals surface area contributed by atoms with Crippen molar-refractivity contribution in [2.45, 2.75) is 26.9 Å². The van der Waals surface area contributed by atoms with E-state index in [1.807, 2.05) is 35.6 Å². The van der Waals surface area contributed by atoms with Gasteiger partial charge in [0.15, 0.2) is 0 Å². The van der Waals surface area contributed by atoms with Crippen molar-refractivity contribution in [2.75, 3.05) is 6.26 Å². The lowest BCUT2D eigenvalue weighted by Gasteiger charge is -1.90. The van der Waals surface area contributed by atoms with E-state index in [0.29, 0.717) is 6.26 Å². The van der Waals surface area contributed by atoms with E-state index in [1.165, 1.54) is 0 Å². The fourth-order valence-corrected chi connectivity index (χ4v) is 1.38. The Labute approximate surface area is 139 Å². The van der Waals surface area contributed by atoms with Gasteiger partial charge in [0.2, 0.25) is 12.7 Å². The molecule has 0 spiro atoms. The summed E-state index contributed by atoms with van der Waals surface area (Å²) in [6.07, 6.45) is 12.9. The molecular formula is C13H25ClN4O3S. The molecule has 0 aliphatic rings. The molecular weight excluding hydrogens is 328 g/mol. The zero-order chi connectivity index (χ0) is 16.5. The van der Waals surface area contributed by atoms with E-state index in [9.17, 15) is 0 Å². The number of aryl methyl sites for hydroxylation is 4. The van der Waals surface area contributed by atoms with Crippen molar-refractivity contribution >= 4 is 10.1 Å². The van der Waals surface area contributed by atoms with Gasteiger partial charge in [-0.15, -0.1) is 0 Å². The number of nitrogens with zero attached hydrogens (tertiary/aromatic N) is 4. The largest absolute Gasteiger partial charge is 1.00 e. The zero-order valence-electron chi connectivity index (χ0n) is 13.7. The van der Waals surface area contributed by atoms with Crippen LogP contribution >= 0.6 is 0 Å². The Morgan fingerprint density at radius 3 is 1.32 bits per heavy atom. The minimum Gasteiger partial charge on any atom is -1.00 e. The van der Waals surface area contributed by atoms with Crippen LogP contribution in [0.25, 0.3) is 0 Å². The molecule has 9 heteroatoms. The predicted octanol–water partition coefficient (Wildman–Crippen LogP) is -3.17. The van der Waals surface area contributed by atoms with Crippen LogP contribution in [0.4, 0.5) is 0 Å². The third-order valence-corrected chi connectivity index (χ3v) is 2.38. The summed E-state index contributed by atoms with van der Waals surface area (Å²) < 4.78 is 35.5. The molecule has 0 atom stereocenters. The molecule has 0 saturated heterocycles. The van der Waals surface area contributed by atoms with Crippen LogP contribution in [0, 0.1) is 0 Å². The van der Waals surface area contributed by atoms with Crippen molar-refractivity contribution in [1.82, 2.24) is 9.13 Å². The molecule has 0 amide bonds. The van der Waals surface area contributed by atoms with Crippen LogP contribution in [-0.2, 0) is 37.3 Å². The van der Waals surface area contributed by atoms with Gasteiger partial charge in [-0.05, 0) is 13.8 Å². The third-order valence-electron chi connectivity index (χ3n) is 2.38. The van der Waals surface area contributed by atoms with Gasteiger partial charge in [-0.3, -0.25) is 0 Å². The van der Waals surface area contributed by atoms with Crippen LogP contribution in [0.1, 0.15) is 13.8 Å². The fraction of sp³-hybridized carbons (Fsp3) is 0.538. The lowest BCUT2D eigenvalue weighted by Crippen LogP contribution is -3.00. The standard InChI is InChI=1S/2C6H11N2.CH4O3S.ClH/c2*1-3-8-5-4-7(2)6-8;1-5(2,3)4;/h2*4-6H,3H2,1-2H3;1H3,(H,2,3,4);1H/q2*+1;;/p-2. The van der Waals surface area contributed by atoms with Crippen molar-refractivity contribution in [3.63, 3.8) is 0 Å². The number of hydrogen-bond acceptors (Lipinski definition) is 3. The number of imidazole rings is 2. The summed E-state index contributed by atoms with van der Waals surface area (Å²) in [5, 5.41) is 0. The van der Waals surface area contributed by atoms with Gasteiger partial charge in [0, 0.05) is 6.26 Å². The average molecular weight is 353 g/mol. The molecule has 0 aromatic carbocycles. The SMILES string of the molecule is CCn1cc[n+](C)c1.CCn1cc[n+](C)c1.CS(=O)(=O)[O-].[Cl-]. The molecule has 22 heavy (non-hydrogen) atoms. The van der Waals surface area contributed by atoms with Crippen molar-refractivity contribution in [1.29, 1.82) is 0 Å². The smallest absolute Gasteiger partial charge is 0.243 e. The molecule has 2 aromatic rings. The Kier molecular flexibility index (Phi) is 11.7. The van der Waals surface area contributed by atoms with Crippen molar-refractivity contribution in [3.8, 4) is 0 Å². The van der Waals surface area contributed by atoms with Crippen LogP contribution < -0.4 is 21.5 Å². The predicted molar refractivity (Wildman–Crippen MR) is 78.2 cm³/mol. The number of aromatic nitrogens is 4. The maximum Gasteiger partial charge on any atom is 0.243 e. The molecule has 0 unspecified atom stereocenters. The molecule has 2 rings (SSSR count). The normalized spacial score (nSPS) is 9.73. The van der Waals surface area contributed by atoms with Crippen LogP contribution in [0.15, 0.2) is 37.4 Å². The molecule has 2 heterocycles. The van der Waals surface area contributed by atoms with Crippen molar-refractivity contribution in [3.05, 3.63) is 37.4 Å². The third kappa shape index (κ3) is 13.6. The molecule has 0 N–H and O–H groups in total. The number of halogens is 1. The quantitative estimate of drug-likeness (QED) is 0.423. The van der Waals surface area contributed by atoms with Gasteiger partial charge in [0.25, 0.3) is 0 Å². The van der Waals surface area contributed by atoms with Crippen LogP contribution in [0.2, 0.25) is 0 Å². The maximum absolute atomic E-state index is 9.08. The molecule has 7 nitrogen and oxygen atoms in total. The van der Waals surface area contributed by atoms with Gasteiger partial charge >= 0.3 is 0 Å². The topological polar surface area (TPSA) is 74.8 Å². The van der Waals surface area contributed by atoms with E-state index < -0.39 is 10.1 Å². The second-order valence-electron chi connectivity index (χ2n) is 4.52. The zero-order valence-corrected chi connectivity index (χ0v) is 15.3. The first-order valence-corrected chi connectivity index (χ1v) is 8.40. The molecule has 0 fully saturated rings. The Balaban J connectivity index is 0. The van der Waals surface area contributed by atoms with Gasteiger partial charge < -0.3 is 17.0 Å². The lowest BCUT2D eigenvalue weighted by molar-refractivity contribution is -0.671. The van der Waals surface area contributed by atoms with E-state index in [4.69, 9.17) is 13.0 Å². The highest BCUT2D eigenvalue weighted by Crippen LogP contribution is 1.79. The van der Waals surface area contributed by atoms with Gasteiger partial charge in [0.05, 0.1) is 37.3 Å². The Morgan fingerprint density at radius 2 is 1.23 bits per heavy atom. The van der Waals surface area contributed by atoms with Crippen LogP contribution in [-0.4, -0.2) is 28.4 Å². The van der Waals surface area contributed by atoms with E-state index in [1.54, 1.807) is 0 Å². The van der Waals surface area contributed by atoms with Crippen molar-refractivity contribution in [2.24, 2.45) is 14.1 Å². The van der Waals surface area contributed by atoms with Crippen LogP contribution in [0.5, 0.6) is 0 Å².